The molecule has 7 heterocycles. The molecular weight excluding hydrogens is 1800 g/mol. The second kappa shape index (κ2) is 51.6. The number of aryl methyl sites for hydroxylation is 1. The molecule has 0 N–H and O–H groups in total. The molecule has 0 unspecified atom stereocenters. The lowest BCUT2D eigenvalue weighted by Crippen LogP contribution is -2.65. The van der Waals surface area contributed by atoms with Gasteiger partial charge in [0.25, 0.3) is 0 Å². The molecule has 11 amide bonds. The van der Waals surface area contributed by atoms with Crippen molar-refractivity contribution in [3.05, 3.63) is 40.5 Å². The third-order valence-corrected chi connectivity index (χ3v) is 24.3. The lowest BCUT2D eigenvalue weighted by Gasteiger charge is -2.64. The van der Waals surface area contributed by atoms with E-state index in [4.69, 9.17) is 71.2 Å². The summed E-state index contributed by atoms with van der Waals surface area (Å²) in [6.07, 6.45) is 9.60. The maximum Gasteiger partial charge on any atom is 0.457 e. The van der Waals surface area contributed by atoms with Crippen molar-refractivity contribution in [3.8, 4) is 5.75 Å². The van der Waals surface area contributed by atoms with E-state index in [1.165, 1.54) is 40.7 Å². The Kier molecular flexibility index (Phi) is 45.4. The molecule has 12 atom stereocenters. The number of nitrogens with zero attached hydrogens (tertiary/aromatic N) is 11. The van der Waals surface area contributed by atoms with E-state index in [-0.39, 0.29) is 140 Å². The summed E-state index contributed by atoms with van der Waals surface area (Å²) in [6.45, 7) is 50.3. The highest BCUT2D eigenvalue weighted by atomic mass is 16.7. The summed E-state index contributed by atoms with van der Waals surface area (Å²) in [6, 6.07) is 1.22. The number of esters is 1. The molecule has 2 bridgehead atoms. The first-order valence-corrected chi connectivity index (χ1v) is 47.6. The molecule has 3 aliphatic carbocycles. The molecule has 40 heteroatoms. The fraction of sp³-hybridized carbons (Fsp3) is 0.758. The summed E-state index contributed by atoms with van der Waals surface area (Å²) in [5.41, 5.74) is -0.328. The number of likely N-dealkylation sites (N-methyl/N-ethyl adjacent to an activating group) is 5. The molecule has 3 saturated carbocycles. The first kappa shape index (κ1) is 122. The molecule has 11 rings (SSSR count). The number of Topliss-reactive ketones (excluding diaryl/α,β-unsaturated/α-hetero) is 1. The smallest absolute Gasteiger partial charge is 0.457 e. The van der Waals surface area contributed by atoms with Crippen molar-refractivity contribution in [2.75, 3.05) is 116 Å². The summed E-state index contributed by atoms with van der Waals surface area (Å²) in [5.74, 6) is 0.951. The maximum absolute atomic E-state index is 13.7. The zero-order chi connectivity index (χ0) is 107. The van der Waals surface area contributed by atoms with Crippen molar-refractivity contribution in [1.82, 2.24) is 53.9 Å². The molecule has 782 valence electrons. The number of amides is 11. The quantitative estimate of drug-likeness (QED) is 0.0642. The average molecular weight is 1960 g/mol. The molecule has 0 spiro atoms. The zero-order valence-corrected chi connectivity index (χ0v) is 89.2. The number of rotatable bonds is 16. The SMILES string of the molecule is CCC=C1C[C@H](C(=O)N(C)C)N(C(=O)OC(C)(C)C)C1.CCC[C@@H]1C[C@H](C(=O)N(C)C)N(C(=O)OC(C)(C)C)C1.CN(C)C(=O)[C@H]1CC(=O)CN1C(=O)OC(C)(C)C.C[C@@H]1C[C@H](C(=O)N(C)C)N(C(=O)OC(C)(C)C)C1.Cc1c(CCB2O[C@@H]3C[C@@H]4C[C@@H](C4(C)C)[C@]3(C)O2)ccc(OC2CN(C(=O)C[C@@H]3C[C@H](C(=O)N(C)C)N(C(=O)OC(C)(C)C)C3)C2)c1C(=O)OC(C)(C)C.O=C=O.O=C=O.O=C=O. The molecule has 7 aliphatic heterocycles. The van der Waals surface area contributed by atoms with E-state index in [1.807, 2.05) is 116 Å². The van der Waals surface area contributed by atoms with E-state index in [9.17, 15) is 62.3 Å². The lowest BCUT2D eigenvalue weighted by atomic mass is 9.43. The van der Waals surface area contributed by atoms with Crippen LogP contribution in [-0.2, 0) is 106 Å². The molecule has 1 aromatic carbocycles. The van der Waals surface area contributed by atoms with Gasteiger partial charge >= 0.3 is 62.0 Å². The molecule has 139 heavy (non-hydrogen) atoms. The van der Waals surface area contributed by atoms with Crippen LogP contribution in [0.3, 0.4) is 0 Å². The van der Waals surface area contributed by atoms with Gasteiger partial charge in [0.2, 0.25) is 35.4 Å². The number of likely N-dealkylation sites (tertiary alicyclic amines) is 6. The zero-order valence-electron chi connectivity index (χ0n) is 89.2. The van der Waals surface area contributed by atoms with Crippen molar-refractivity contribution in [2.45, 2.75) is 338 Å². The van der Waals surface area contributed by atoms with E-state index in [0.717, 1.165) is 48.8 Å². The molecule has 7 saturated heterocycles. The monoisotopic (exact) mass is 1960 g/mol. The van der Waals surface area contributed by atoms with Crippen LogP contribution < -0.4 is 4.74 Å². The Morgan fingerprint density at radius 2 is 0.856 bits per heavy atom. The summed E-state index contributed by atoms with van der Waals surface area (Å²) >= 11 is 0. The van der Waals surface area contributed by atoms with Gasteiger partial charge in [-0.05, 0) is 255 Å². The number of ketones is 1. The molecule has 0 aromatic heterocycles. The largest absolute Gasteiger partial charge is 0.486 e. The van der Waals surface area contributed by atoms with Crippen LogP contribution in [0.1, 0.15) is 258 Å². The first-order chi connectivity index (χ1) is 63.7. The number of allylic oxidation sites excluding steroid dienone is 1. The topological polar surface area (TPSA) is 443 Å². The van der Waals surface area contributed by atoms with Gasteiger partial charge in [0.05, 0.1) is 31.3 Å². The van der Waals surface area contributed by atoms with E-state index >= 15 is 0 Å². The van der Waals surface area contributed by atoms with Crippen molar-refractivity contribution in [3.63, 3.8) is 0 Å². The van der Waals surface area contributed by atoms with Crippen LogP contribution in [0.25, 0.3) is 0 Å². The van der Waals surface area contributed by atoms with Crippen LogP contribution >= 0.6 is 0 Å². The van der Waals surface area contributed by atoms with Gasteiger partial charge in [-0.25, -0.2) is 28.8 Å². The predicted molar refractivity (Wildman–Crippen MR) is 510 cm³/mol. The summed E-state index contributed by atoms with van der Waals surface area (Å²) in [5, 5.41) is 0. The Morgan fingerprint density at radius 3 is 1.25 bits per heavy atom. The Balaban J connectivity index is 0.000000484. The molecule has 10 aliphatic rings. The fourth-order valence-corrected chi connectivity index (χ4v) is 18.1. The van der Waals surface area contributed by atoms with E-state index in [0.29, 0.717) is 99.7 Å². The van der Waals surface area contributed by atoms with E-state index < -0.39 is 82.1 Å². The number of carbonyl (C=O) groups is 13. The van der Waals surface area contributed by atoms with Crippen LogP contribution in [0.5, 0.6) is 5.75 Å². The third kappa shape index (κ3) is 37.0. The van der Waals surface area contributed by atoms with Crippen molar-refractivity contribution in [1.29, 1.82) is 0 Å². The van der Waals surface area contributed by atoms with Gasteiger partial charge in [0, 0.05) is 109 Å². The van der Waals surface area contributed by atoms with Crippen LogP contribution in [-0.4, -0.2) is 355 Å². The Morgan fingerprint density at radius 1 is 0.482 bits per heavy atom. The third-order valence-electron chi connectivity index (χ3n) is 24.3. The highest BCUT2D eigenvalue weighted by molar-refractivity contribution is 6.45. The molecular formula is C99H160BN11O28. The molecule has 1 aromatic rings. The van der Waals surface area contributed by atoms with Gasteiger partial charge in [0.15, 0.2) is 5.78 Å². The minimum Gasteiger partial charge on any atom is -0.486 e. The predicted octanol–water partition coefficient (Wildman–Crippen LogP) is 11.5. The van der Waals surface area contributed by atoms with Gasteiger partial charge < -0.3 is 71.9 Å². The summed E-state index contributed by atoms with van der Waals surface area (Å²) in [4.78, 5) is 227. The van der Waals surface area contributed by atoms with Crippen LogP contribution in [0.4, 0.5) is 24.0 Å². The lowest BCUT2D eigenvalue weighted by molar-refractivity contribution is -0.199. The minimum absolute atomic E-state index is 0.0190. The van der Waals surface area contributed by atoms with Gasteiger partial charge in [-0.1, -0.05) is 58.8 Å². The van der Waals surface area contributed by atoms with Crippen LogP contribution in [0.15, 0.2) is 23.8 Å². The number of hydrogen-bond acceptors (Lipinski definition) is 28. The van der Waals surface area contributed by atoms with Gasteiger partial charge in [-0.2, -0.15) is 28.8 Å². The molecule has 0 radical (unpaired) electrons. The second-order valence-electron chi connectivity index (χ2n) is 44.6. The maximum atomic E-state index is 13.7. The second-order valence-corrected chi connectivity index (χ2v) is 44.6. The Labute approximate surface area is 822 Å². The number of carbonyl (C=O) groups excluding carboxylic acids is 19. The standard InChI is InChI=1S/C41H62BN3O9.C15H28N2O3.C15H26N2O3.C13H24N2O3.C12H20N2O4.3CO2/c1-24-26(15-16-42-53-32-20-27-19-31(40(27,8)9)41(32,10)54-42)13-14-30(34(24)36(48)51-38(2,3)4)50-28-22-44(23-28)33(46)18-25-17-29(35(47)43(11)12)45(21-25)37(49)52-39(5,6)7;2*1-7-8-11-9-12(13(18)16(5)6)17(10-11)14(19)20-15(2,3)4;1-9-7-10(11(16)14(5)6)15(8-9)12(17)18-13(2,3)4;1-12(2,3)18-11(17)14-7-8(15)6-9(14)10(16)13(4)5;3*2-1-3/h13-14,25,27-29,31-32H,15-23H2,1-12H3;11-12H,7-10H2,1-6H3;8,12H,7,9-10H2,1-6H3;9-10H,7-8H2,1-6H3;9H,6-7H2,1-5H3;;;/t25-,27-,29+,31-,32+,41-;11-,12-;12-;9-,10-;9-;;;/m01111.../s1. The fourth-order valence-electron chi connectivity index (χ4n) is 18.1. The number of hydrogen-bond donors (Lipinski definition) is 0. The van der Waals surface area contributed by atoms with E-state index in [2.05, 4.69) is 33.8 Å². The summed E-state index contributed by atoms with van der Waals surface area (Å²) < 4.78 is 52.3. The molecule has 10 fully saturated rings. The highest BCUT2D eigenvalue weighted by Crippen LogP contribution is 2.66. The Bertz CT molecular complexity index is 4510. The molecule has 39 nitrogen and oxygen atoms in total. The van der Waals surface area contributed by atoms with Gasteiger partial charge in [0.1, 0.15) is 81.2 Å². The van der Waals surface area contributed by atoms with Crippen LogP contribution in [0.2, 0.25) is 6.32 Å². The minimum atomic E-state index is -0.734. The number of ether oxygens (including phenoxy) is 7. The number of benzene rings is 1. The first-order valence-electron chi connectivity index (χ1n) is 47.6. The highest BCUT2D eigenvalue weighted by Gasteiger charge is 2.68. The average Bonchev–Trinajstić information content (AvgIpc) is 1.63. The summed E-state index contributed by atoms with van der Waals surface area (Å²) in [7, 11) is 16.5. The van der Waals surface area contributed by atoms with Gasteiger partial charge in [-0.3, -0.25) is 58.1 Å². The van der Waals surface area contributed by atoms with Crippen molar-refractivity contribution < 1.29 is 134 Å². The normalized spacial score (nSPS) is 23.4. The van der Waals surface area contributed by atoms with Crippen molar-refractivity contribution in [2.24, 2.45) is 35.0 Å². The van der Waals surface area contributed by atoms with E-state index in [1.54, 1.807) is 132 Å². The van der Waals surface area contributed by atoms with Crippen molar-refractivity contribution >= 4 is 103 Å². The van der Waals surface area contributed by atoms with Crippen LogP contribution in [0, 0.1) is 41.9 Å². The Hall–Kier alpha value is -10.8. The van der Waals surface area contributed by atoms with Gasteiger partial charge in [-0.15, -0.1) is 0 Å².